The number of nitro benzene ring substituents is 1. The summed E-state index contributed by atoms with van der Waals surface area (Å²) in [5.41, 5.74) is 5.54. The van der Waals surface area contributed by atoms with Gasteiger partial charge < -0.3 is 5.73 Å². The van der Waals surface area contributed by atoms with Crippen molar-refractivity contribution in [3.63, 3.8) is 0 Å². The molecule has 0 spiro atoms. The van der Waals surface area contributed by atoms with Gasteiger partial charge in [-0.3, -0.25) is 24.7 Å². The Hall–Kier alpha value is -2.89. The minimum Gasteiger partial charge on any atom is -0.364 e. The Labute approximate surface area is 167 Å². The molecule has 1 amide bonds. The second kappa shape index (κ2) is 8.23. The van der Waals surface area contributed by atoms with Gasteiger partial charge in [-0.2, -0.15) is 0 Å². The van der Waals surface area contributed by atoms with Crippen LogP contribution in [0.1, 0.15) is 12.8 Å². The molecule has 1 unspecified atom stereocenters. The van der Waals surface area contributed by atoms with E-state index in [2.05, 4.69) is 11.6 Å². The molecule has 1 heterocycles. The van der Waals surface area contributed by atoms with Gasteiger partial charge in [0.25, 0.3) is 21.6 Å². The number of sulfonamides is 1. The largest absolute Gasteiger partial charge is 0.364 e. The van der Waals surface area contributed by atoms with Crippen LogP contribution in [0.25, 0.3) is 0 Å². The Kier molecular flexibility index (Phi) is 5.91. The van der Waals surface area contributed by atoms with Gasteiger partial charge in [0.1, 0.15) is 5.71 Å². The fourth-order valence-corrected chi connectivity index (χ4v) is 4.61. The smallest absolute Gasteiger partial charge is 0.289 e. The van der Waals surface area contributed by atoms with Gasteiger partial charge in [-0.05, 0) is 30.4 Å². The average molecular weight is 420 g/mol. The number of nitrogens with zero attached hydrogens (tertiary/aromatic N) is 3. The summed E-state index contributed by atoms with van der Waals surface area (Å²) in [6.07, 6.45) is 4.64. The van der Waals surface area contributed by atoms with E-state index >= 15 is 0 Å². The molecule has 3 rings (SSSR count). The van der Waals surface area contributed by atoms with Crippen LogP contribution in [0.15, 0.2) is 58.5 Å². The quantitative estimate of drug-likeness (QED) is 0.362. The SMILES string of the molecule is C=CCON(C1C=C(C2CC2)C(C(N)=O)=NC1)S(=O)(=O)c1ccccc1[N+](=O)[O-]. The number of carbonyl (C=O) groups excluding carboxylic acids is 1. The zero-order chi connectivity index (χ0) is 21.2. The van der Waals surface area contributed by atoms with E-state index in [9.17, 15) is 23.3 Å². The molecular formula is C18H20N4O6S. The van der Waals surface area contributed by atoms with Gasteiger partial charge in [0.15, 0.2) is 4.90 Å². The first kappa shape index (κ1) is 20.8. The lowest BCUT2D eigenvalue weighted by molar-refractivity contribution is -0.387. The molecule has 0 saturated heterocycles. The number of hydrogen-bond acceptors (Lipinski definition) is 7. The average Bonchev–Trinajstić information content (AvgIpc) is 3.53. The third-order valence-corrected chi connectivity index (χ3v) is 6.25. The van der Waals surface area contributed by atoms with E-state index in [1.807, 2.05) is 0 Å². The van der Waals surface area contributed by atoms with Crippen LogP contribution in [0.4, 0.5) is 5.69 Å². The zero-order valence-corrected chi connectivity index (χ0v) is 16.2. The Morgan fingerprint density at radius 3 is 2.69 bits per heavy atom. The Bertz CT molecular complexity index is 1010. The van der Waals surface area contributed by atoms with Crippen LogP contribution >= 0.6 is 0 Å². The maximum Gasteiger partial charge on any atom is 0.289 e. The van der Waals surface area contributed by atoms with Gasteiger partial charge >= 0.3 is 0 Å². The van der Waals surface area contributed by atoms with Crippen molar-refractivity contribution < 1.29 is 23.0 Å². The summed E-state index contributed by atoms with van der Waals surface area (Å²) < 4.78 is 27.2. The number of amides is 1. The summed E-state index contributed by atoms with van der Waals surface area (Å²) >= 11 is 0. The molecule has 10 nitrogen and oxygen atoms in total. The minimum absolute atomic E-state index is 0.0825. The molecule has 1 atom stereocenters. The Balaban J connectivity index is 2.04. The van der Waals surface area contributed by atoms with E-state index in [0.717, 1.165) is 25.0 Å². The number of hydroxylamine groups is 1. The van der Waals surface area contributed by atoms with Crippen molar-refractivity contribution in [3.05, 3.63) is 58.7 Å². The van der Waals surface area contributed by atoms with Gasteiger partial charge in [-0.1, -0.05) is 28.8 Å². The Morgan fingerprint density at radius 1 is 1.41 bits per heavy atom. The fourth-order valence-electron chi connectivity index (χ4n) is 3.08. The van der Waals surface area contributed by atoms with E-state index in [4.69, 9.17) is 10.6 Å². The maximum atomic E-state index is 13.3. The molecule has 1 aromatic rings. The molecule has 1 aromatic carbocycles. The predicted molar refractivity (Wildman–Crippen MR) is 104 cm³/mol. The highest BCUT2D eigenvalue weighted by atomic mass is 32.2. The number of dihydropyridines is 1. The van der Waals surface area contributed by atoms with Crippen LogP contribution in [0.5, 0.6) is 0 Å². The fraction of sp³-hybridized carbons (Fsp3) is 0.333. The van der Waals surface area contributed by atoms with Crippen molar-refractivity contribution in [1.82, 2.24) is 4.47 Å². The number of benzene rings is 1. The summed E-state index contributed by atoms with van der Waals surface area (Å²) in [6, 6.07) is 4.12. The highest BCUT2D eigenvalue weighted by Crippen LogP contribution is 2.39. The molecule has 0 aromatic heterocycles. The second-order valence-electron chi connectivity index (χ2n) is 6.59. The molecule has 0 bridgehead atoms. The molecule has 2 N–H and O–H groups in total. The standard InChI is InChI=1S/C18H20N4O6S/c1-2-9-28-22(29(26,27)16-6-4-3-5-15(16)21(24)25)13-10-14(12-7-8-12)17(18(19)23)20-11-13/h2-6,10,12-13H,1,7-9,11H2,(H2,19,23). The number of primary amides is 1. The van der Waals surface area contributed by atoms with Crippen LogP contribution in [0, 0.1) is 16.0 Å². The molecule has 2 aliphatic rings. The van der Waals surface area contributed by atoms with Crippen molar-refractivity contribution in [3.8, 4) is 0 Å². The van der Waals surface area contributed by atoms with Gasteiger partial charge in [0.2, 0.25) is 0 Å². The highest BCUT2D eigenvalue weighted by Gasteiger charge is 2.40. The number of nitrogens with two attached hydrogens (primary N) is 1. The normalized spacial score (nSPS) is 19.4. The number of nitro groups is 1. The molecule has 1 saturated carbocycles. The van der Waals surface area contributed by atoms with Gasteiger partial charge in [0.05, 0.1) is 24.1 Å². The molecule has 1 aliphatic heterocycles. The van der Waals surface area contributed by atoms with Crippen molar-refractivity contribution in [2.45, 2.75) is 23.8 Å². The maximum absolute atomic E-state index is 13.3. The first-order valence-corrected chi connectivity index (χ1v) is 10.3. The van der Waals surface area contributed by atoms with E-state index in [-0.39, 0.29) is 24.8 Å². The summed E-state index contributed by atoms with van der Waals surface area (Å²) in [6.45, 7) is 3.26. The van der Waals surface area contributed by atoms with Gasteiger partial charge in [-0.15, -0.1) is 6.58 Å². The van der Waals surface area contributed by atoms with Crippen LogP contribution < -0.4 is 5.73 Å². The number of rotatable bonds is 9. The molecule has 11 heteroatoms. The summed E-state index contributed by atoms with van der Waals surface area (Å²) in [5.74, 6) is -0.596. The van der Waals surface area contributed by atoms with Crippen LogP contribution in [0.3, 0.4) is 0 Å². The van der Waals surface area contributed by atoms with Crippen LogP contribution in [-0.2, 0) is 19.7 Å². The minimum atomic E-state index is -4.42. The highest BCUT2D eigenvalue weighted by molar-refractivity contribution is 7.89. The lowest BCUT2D eigenvalue weighted by Gasteiger charge is -2.29. The molecule has 1 fully saturated rings. The molecule has 1 aliphatic carbocycles. The topological polar surface area (TPSA) is 145 Å². The van der Waals surface area contributed by atoms with E-state index in [1.165, 1.54) is 18.2 Å². The first-order valence-electron chi connectivity index (χ1n) is 8.85. The van der Waals surface area contributed by atoms with Crippen LogP contribution in [-0.4, -0.2) is 48.6 Å². The van der Waals surface area contributed by atoms with Gasteiger partial charge in [0, 0.05) is 6.07 Å². The van der Waals surface area contributed by atoms with E-state index in [1.54, 1.807) is 6.08 Å². The number of aliphatic imine (C=N–C) groups is 1. The molecule has 0 radical (unpaired) electrons. The first-order chi connectivity index (χ1) is 13.8. The predicted octanol–water partition coefficient (Wildman–Crippen LogP) is 1.35. The van der Waals surface area contributed by atoms with Crippen molar-refractivity contribution in [2.24, 2.45) is 16.6 Å². The van der Waals surface area contributed by atoms with Crippen molar-refractivity contribution >= 4 is 27.3 Å². The van der Waals surface area contributed by atoms with E-state index in [0.29, 0.717) is 10.0 Å². The second-order valence-corrected chi connectivity index (χ2v) is 8.34. The summed E-state index contributed by atoms with van der Waals surface area (Å²) in [5, 5.41) is 11.3. The third-order valence-electron chi connectivity index (χ3n) is 4.50. The van der Waals surface area contributed by atoms with Gasteiger partial charge in [-0.25, -0.2) is 8.42 Å². The third kappa shape index (κ3) is 4.26. The lowest BCUT2D eigenvalue weighted by atomic mass is 9.99. The molecular weight excluding hydrogens is 400 g/mol. The summed E-state index contributed by atoms with van der Waals surface area (Å²) in [7, 11) is -4.42. The van der Waals surface area contributed by atoms with Crippen molar-refractivity contribution in [1.29, 1.82) is 0 Å². The van der Waals surface area contributed by atoms with Crippen molar-refractivity contribution in [2.75, 3.05) is 13.2 Å². The monoisotopic (exact) mass is 420 g/mol. The lowest BCUT2D eigenvalue weighted by Crippen LogP contribution is -2.44. The Morgan fingerprint density at radius 2 is 2.10 bits per heavy atom. The molecule has 29 heavy (non-hydrogen) atoms. The van der Waals surface area contributed by atoms with E-state index < -0.39 is 37.5 Å². The van der Waals surface area contributed by atoms with Crippen LogP contribution in [0.2, 0.25) is 0 Å². The number of para-hydroxylation sites is 1. The zero-order valence-electron chi connectivity index (χ0n) is 15.4. The summed E-state index contributed by atoms with van der Waals surface area (Å²) in [4.78, 5) is 31.3. The number of hydrogen-bond donors (Lipinski definition) is 1. The number of carbonyl (C=O) groups is 1. The molecule has 154 valence electrons.